The molecule has 66 valence electrons. The predicted molar refractivity (Wildman–Crippen MR) is 54.7 cm³/mol. The summed E-state index contributed by atoms with van der Waals surface area (Å²) < 4.78 is 0. The molecule has 0 saturated carbocycles. The average molecular weight is 209 g/mol. The summed E-state index contributed by atoms with van der Waals surface area (Å²) in [5, 5.41) is 6.66. The third-order valence-electron chi connectivity index (χ3n) is 0.952. The Hall–Kier alpha value is 0.540. The maximum atomic E-state index is 6.66. The smallest absolute Gasteiger partial charge is 0.00477 e. The zero-order chi connectivity index (χ0) is 5.54. The summed E-state index contributed by atoms with van der Waals surface area (Å²) in [4.78, 5) is 0. The van der Waals surface area contributed by atoms with Crippen molar-refractivity contribution in [3.63, 3.8) is 0 Å². The molecule has 1 N–H and O–H groups in total. The first-order valence-electron chi connectivity index (χ1n) is 2.90. The van der Waals surface area contributed by atoms with Crippen LogP contribution in [-0.4, -0.2) is 6.21 Å². The Labute approximate surface area is 81.7 Å². The zero-order valence-corrected chi connectivity index (χ0v) is 8.58. The Morgan fingerprint density at radius 3 is 1.90 bits per heavy atom. The number of rotatable bonds is 4. The summed E-state index contributed by atoms with van der Waals surface area (Å²) in [6.07, 6.45) is 6.17. The van der Waals surface area contributed by atoms with Crippen LogP contribution in [0.5, 0.6) is 0 Å². The molecule has 1 nitrogen and oxygen atoms in total. The summed E-state index contributed by atoms with van der Waals surface area (Å²) in [7, 11) is 0. The van der Waals surface area contributed by atoms with Crippen molar-refractivity contribution in [2.45, 2.75) is 32.6 Å². The fraction of sp³-hybridized carbons (Fsp3) is 0.833. The van der Waals surface area contributed by atoms with Crippen LogP contribution in [0.2, 0.25) is 0 Å². The van der Waals surface area contributed by atoms with Crippen LogP contribution >= 0.6 is 37.2 Å². The highest BCUT2D eigenvalue weighted by Crippen LogP contribution is 1.94. The Morgan fingerprint density at radius 2 is 1.60 bits per heavy atom. The molecule has 0 aliphatic heterocycles. The van der Waals surface area contributed by atoms with Crippen LogP contribution in [0.4, 0.5) is 0 Å². The van der Waals surface area contributed by atoms with E-state index in [1.165, 1.54) is 25.5 Å². The molecule has 0 heterocycles. The molecule has 0 aliphatic carbocycles. The van der Waals surface area contributed by atoms with Crippen LogP contribution in [0.15, 0.2) is 0 Å². The third kappa shape index (κ3) is 23.6. The molecule has 0 bridgehead atoms. The highest BCUT2D eigenvalue weighted by atomic mass is 35.5. The molecule has 0 aromatic heterocycles. The SMILES string of the molecule is CCCCCC=N.Cl.Cl.Cl. The summed E-state index contributed by atoms with van der Waals surface area (Å²) in [5.74, 6) is 0. The quantitative estimate of drug-likeness (QED) is 0.540. The lowest BCUT2D eigenvalue weighted by Gasteiger charge is -1.87. The highest BCUT2D eigenvalue weighted by molar-refractivity contribution is 5.86. The number of hydrogen-bond acceptors (Lipinski definition) is 1. The minimum atomic E-state index is 0. The molecule has 0 unspecified atom stereocenters. The van der Waals surface area contributed by atoms with Crippen molar-refractivity contribution >= 4 is 43.4 Å². The van der Waals surface area contributed by atoms with Gasteiger partial charge in [0.15, 0.2) is 0 Å². The molecule has 0 rings (SSSR count). The summed E-state index contributed by atoms with van der Waals surface area (Å²) in [6, 6.07) is 0. The van der Waals surface area contributed by atoms with E-state index >= 15 is 0 Å². The Bertz CT molecular complexity index is 50.3. The van der Waals surface area contributed by atoms with Crippen molar-refractivity contribution in [3.05, 3.63) is 0 Å². The fourth-order valence-electron chi connectivity index (χ4n) is 0.496. The van der Waals surface area contributed by atoms with E-state index in [-0.39, 0.29) is 37.2 Å². The second-order valence-electron chi connectivity index (χ2n) is 1.70. The first-order valence-corrected chi connectivity index (χ1v) is 2.90. The van der Waals surface area contributed by atoms with Gasteiger partial charge in [0, 0.05) is 0 Å². The van der Waals surface area contributed by atoms with Gasteiger partial charge in [0.2, 0.25) is 0 Å². The maximum absolute atomic E-state index is 6.66. The molecule has 0 atom stereocenters. The van der Waals surface area contributed by atoms with Crippen LogP contribution in [0, 0.1) is 5.41 Å². The lowest BCUT2D eigenvalue weighted by atomic mass is 10.2. The lowest BCUT2D eigenvalue weighted by Crippen LogP contribution is -1.73. The molecule has 0 saturated heterocycles. The molecule has 0 aromatic rings. The Balaban J connectivity index is -0.0000000600. The molecule has 10 heavy (non-hydrogen) atoms. The molecular formula is C6H16Cl3N. The summed E-state index contributed by atoms with van der Waals surface area (Å²) in [6.45, 7) is 2.17. The van der Waals surface area contributed by atoms with Gasteiger partial charge in [0.05, 0.1) is 0 Å². The minimum Gasteiger partial charge on any atom is -0.313 e. The van der Waals surface area contributed by atoms with Crippen molar-refractivity contribution in [2.75, 3.05) is 0 Å². The molecule has 0 radical (unpaired) electrons. The van der Waals surface area contributed by atoms with E-state index in [1.807, 2.05) is 0 Å². The molecular weight excluding hydrogens is 192 g/mol. The summed E-state index contributed by atoms with van der Waals surface area (Å²) in [5.41, 5.74) is 0. The van der Waals surface area contributed by atoms with E-state index in [4.69, 9.17) is 5.41 Å². The number of halogens is 3. The van der Waals surface area contributed by atoms with Gasteiger partial charge in [-0.25, -0.2) is 0 Å². The maximum Gasteiger partial charge on any atom is -0.00477 e. The van der Waals surface area contributed by atoms with Crippen molar-refractivity contribution < 1.29 is 0 Å². The van der Waals surface area contributed by atoms with Gasteiger partial charge in [-0.3, -0.25) is 0 Å². The molecule has 0 aromatic carbocycles. The van der Waals surface area contributed by atoms with Gasteiger partial charge in [0.1, 0.15) is 0 Å². The topological polar surface area (TPSA) is 23.9 Å². The standard InChI is InChI=1S/C6H13N.3ClH/c1-2-3-4-5-6-7;;;/h6-7H,2-5H2,1H3;3*1H. The van der Waals surface area contributed by atoms with Crippen molar-refractivity contribution in [1.82, 2.24) is 0 Å². The van der Waals surface area contributed by atoms with Crippen molar-refractivity contribution in [3.8, 4) is 0 Å². The zero-order valence-electron chi connectivity index (χ0n) is 6.13. The van der Waals surface area contributed by atoms with E-state index in [9.17, 15) is 0 Å². The minimum absolute atomic E-state index is 0. The van der Waals surface area contributed by atoms with Crippen LogP contribution < -0.4 is 0 Å². The van der Waals surface area contributed by atoms with Crippen LogP contribution in [0.25, 0.3) is 0 Å². The van der Waals surface area contributed by atoms with Gasteiger partial charge < -0.3 is 5.41 Å². The van der Waals surface area contributed by atoms with Gasteiger partial charge in [-0.15, -0.1) is 37.2 Å². The second kappa shape index (κ2) is 22.7. The fourth-order valence-corrected chi connectivity index (χ4v) is 0.496. The Morgan fingerprint density at radius 1 is 1.10 bits per heavy atom. The van der Waals surface area contributed by atoms with E-state index in [2.05, 4.69) is 6.92 Å². The second-order valence-corrected chi connectivity index (χ2v) is 1.70. The van der Waals surface area contributed by atoms with E-state index in [0.29, 0.717) is 0 Å². The van der Waals surface area contributed by atoms with Gasteiger partial charge in [-0.2, -0.15) is 0 Å². The number of hydrogen-bond donors (Lipinski definition) is 1. The van der Waals surface area contributed by atoms with Gasteiger partial charge in [-0.05, 0) is 19.1 Å². The monoisotopic (exact) mass is 207 g/mol. The van der Waals surface area contributed by atoms with Gasteiger partial charge in [-0.1, -0.05) is 19.8 Å². The first kappa shape index (κ1) is 22.4. The molecule has 4 heteroatoms. The largest absolute Gasteiger partial charge is 0.313 e. The molecule has 0 fully saturated rings. The van der Waals surface area contributed by atoms with E-state index in [0.717, 1.165) is 6.42 Å². The normalized spacial score (nSPS) is 6.10. The van der Waals surface area contributed by atoms with Gasteiger partial charge >= 0.3 is 0 Å². The van der Waals surface area contributed by atoms with Crippen LogP contribution in [-0.2, 0) is 0 Å². The van der Waals surface area contributed by atoms with E-state index < -0.39 is 0 Å². The van der Waals surface area contributed by atoms with Crippen LogP contribution in [0.1, 0.15) is 32.6 Å². The van der Waals surface area contributed by atoms with E-state index in [1.54, 1.807) is 0 Å². The highest BCUT2D eigenvalue weighted by Gasteiger charge is 1.78. The number of nitrogens with one attached hydrogen (secondary N) is 1. The summed E-state index contributed by atoms with van der Waals surface area (Å²) >= 11 is 0. The molecule has 0 amide bonds. The number of unbranched alkanes of at least 4 members (excludes halogenated alkanes) is 3. The van der Waals surface area contributed by atoms with Crippen LogP contribution in [0.3, 0.4) is 0 Å². The predicted octanol–water partition coefficient (Wildman–Crippen LogP) is 3.48. The van der Waals surface area contributed by atoms with Gasteiger partial charge in [0.25, 0.3) is 0 Å². The lowest BCUT2D eigenvalue weighted by molar-refractivity contribution is 0.745. The molecule has 0 spiro atoms. The Kier molecular flexibility index (Phi) is 50.8. The first-order chi connectivity index (χ1) is 3.41. The third-order valence-corrected chi connectivity index (χ3v) is 0.952. The molecule has 0 aliphatic rings. The average Bonchev–Trinajstić information content (AvgIpc) is 1.69. The van der Waals surface area contributed by atoms with Crippen molar-refractivity contribution in [1.29, 1.82) is 5.41 Å². The van der Waals surface area contributed by atoms with Crippen molar-refractivity contribution in [2.24, 2.45) is 0 Å².